The maximum absolute atomic E-state index is 12.6. The maximum atomic E-state index is 12.6. The van der Waals surface area contributed by atoms with Gasteiger partial charge < -0.3 is 14.7 Å². The molecule has 0 heterocycles. The SMILES string of the molecule is CCCCC/C=C\C/C=C\CCCCCCCCC(CCCCCCCC/C=C\C/C=C\CCCCC)OC(=O)CC(O)CN(C)C. The summed E-state index contributed by atoms with van der Waals surface area (Å²) in [5.41, 5.74) is 0. The van der Waals surface area contributed by atoms with Crippen LogP contribution in [0.4, 0.5) is 0 Å². The standard InChI is InChI=1S/C43H79NO3/c1-5-7-9-11-13-15-17-19-21-23-25-27-29-31-33-35-37-42(47-43(46)39-41(45)40-44(3)4)38-36-34-32-30-28-26-24-22-20-18-16-14-12-10-8-6-2/h13-16,19-22,41-42,45H,5-12,17-18,23-40H2,1-4H3/b15-13-,16-14-,21-19-,22-20-. The van der Waals surface area contributed by atoms with E-state index in [4.69, 9.17) is 4.74 Å². The van der Waals surface area contributed by atoms with Crippen molar-refractivity contribution in [3.05, 3.63) is 48.6 Å². The van der Waals surface area contributed by atoms with E-state index in [0.717, 1.165) is 38.5 Å². The van der Waals surface area contributed by atoms with E-state index < -0.39 is 6.10 Å². The van der Waals surface area contributed by atoms with E-state index in [0.29, 0.717) is 6.54 Å². The second kappa shape index (κ2) is 37.2. The lowest BCUT2D eigenvalue weighted by molar-refractivity contribution is -0.152. The minimum absolute atomic E-state index is 0.00859. The van der Waals surface area contributed by atoms with Crippen molar-refractivity contribution >= 4 is 5.97 Å². The minimum Gasteiger partial charge on any atom is -0.462 e. The average molecular weight is 658 g/mol. The van der Waals surface area contributed by atoms with Crippen molar-refractivity contribution in [3.63, 3.8) is 0 Å². The number of allylic oxidation sites excluding steroid dienone is 8. The number of unbranched alkanes of at least 4 members (excludes halogenated alkanes) is 18. The predicted molar refractivity (Wildman–Crippen MR) is 207 cm³/mol. The first-order chi connectivity index (χ1) is 23.0. The Morgan fingerprint density at radius 2 is 0.915 bits per heavy atom. The Hall–Kier alpha value is -1.65. The summed E-state index contributed by atoms with van der Waals surface area (Å²) in [6.45, 7) is 4.99. The fraction of sp³-hybridized carbons (Fsp3) is 0.791. The molecule has 1 atom stereocenters. The number of rotatable bonds is 35. The molecule has 0 saturated heterocycles. The summed E-state index contributed by atoms with van der Waals surface area (Å²) in [6.07, 6.45) is 49.7. The Bertz CT molecular complexity index is 721. The van der Waals surface area contributed by atoms with E-state index in [1.165, 1.54) is 128 Å². The Morgan fingerprint density at radius 3 is 1.30 bits per heavy atom. The van der Waals surface area contributed by atoms with Crippen molar-refractivity contribution in [2.75, 3.05) is 20.6 Å². The summed E-state index contributed by atoms with van der Waals surface area (Å²) < 4.78 is 5.91. The van der Waals surface area contributed by atoms with Crippen LogP contribution in [0.2, 0.25) is 0 Å². The molecule has 0 fully saturated rings. The van der Waals surface area contributed by atoms with Crippen LogP contribution >= 0.6 is 0 Å². The molecule has 0 radical (unpaired) electrons. The van der Waals surface area contributed by atoms with Crippen LogP contribution in [0, 0.1) is 0 Å². The number of esters is 1. The number of aliphatic hydroxyl groups is 1. The van der Waals surface area contributed by atoms with E-state index in [2.05, 4.69) is 62.5 Å². The van der Waals surface area contributed by atoms with Gasteiger partial charge in [0.25, 0.3) is 0 Å². The fourth-order valence-electron chi connectivity index (χ4n) is 5.90. The summed E-state index contributed by atoms with van der Waals surface area (Å²) >= 11 is 0. The summed E-state index contributed by atoms with van der Waals surface area (Å²) in [6, 6.07) is 0. The predicted octanol–water partition coefficient (Wildman–Crippen LogP) is 12.6. The van der Waals surface area contributed by atoms with E-state index in [1.807, 2.05) is 19.0 Å². The van der Waals surface area contributed by atoms with Gasteiger partial charge in [0.05, 0.1) is 12.5 Å². The third-order valence-corrected chi connectivity index (χ3v) is 8.73. The van der Waals surface area contributed by atoms with Gasteiger partial charge >= 0.3 is 5.97 Å². The van der Waals surface area contributed by atoms with Crippen molar-refractivity contribution in [2.24, 2.45) is 0 Å². The highest BCUT2D eigenvalue weighted by atomic mass is 16.5. The highest BCUT2D eigenvalue weighted by Gasteiger charge is 2.18. The third-order valence-electron chi connectivity index (χ3n) is 8.73. The highest BCUT2D eigenvalue weighted by Crippen LogP contribution is 2.18. The maximum Gasteiger partial charge on any atom is 0.308 e. The zero-order valence-electron chi connectivity index (χ0n) is 31.8. The Kier molecular flexibility index (Phi) is 35.9. The number of hydrogen-bond donors (Lipinski definition) is 1. The molecule has 0 spiro atoms. The quantitative estimate of drug-likeness (QED) is 0.0418. The van der Waals surface area contributed by atoms with Gasteiger partial charge in [-0.1, -0.05) is 140 Å². The number of carbonyl (C=O) groups excluding carboxylic acids is 1. The summed E-state index contributed by atoms with van der Waals surface area (Å²) in [5, 5.41) is 10.2. The van der Waals surface area contributed by atoms with Gasteiger partial charge in [-0.15, -0.1) is 0 Å². The molecule has 0 aliphatic carbocycles. The molecule has 0 saturated carbocycles. The number of nitrogens with zero attached hydrogens (tertiary/aromatic N) is 1. The zero-order chi connectivity index (χ0) is 34.5. The van der Waals surface area contributed by atoms with Crippen molar-refractivity contribution in [1.82, 2.24) is 4.90 Å². The van der Waals surface area contributed by atoms with E-state index in [1.54, 1.807) is 0 Å². The molecule has 0 aromatic carbocycles. The number of likely N-dealkylation sites (N-methyl/N-ethyl adjacent to an activating group) is 1. The molecule has 0 aromatic heterocycles. The van der Waals surface area contributed by atoms with Crippen LogP contribution in [0.25, 0.3) is 0 Å². The number of hydrogen-bond acceptors (Lipinski definition) is 4. The van der Waals surface area contributed by atoms with Gasteiger partial charge in [-0.25, -0.2) is 0 Å². The number of carbonyl (C=O) groups is 1. The Morgan fingerprint density at radius 1 is 0.553 bits per heavy atom. The Labute approximate surface area is 293 Å². The smallest absolute Gasteiger partial charge is 0.308 e. The van der Waals surface area contributed by atoms with Crippen LogP contribution in [0.15, 0.2) is 48.6 Å². The molecular weight excluding hydrogens is 578 g/mol. The van der Waals surface area contributed by atoms with Gasteiger partial charge in [0.1, 0.15) is 6.10 Å². The molecule has 274 valence electrons. The lowest BCUT2D eigenvalue weighted by Gasteiger charge is -2.20. The van der Waals surface area contributed by atoms with Crippen molar-refractivity contribution in [3.8, 4) is 0 Å². The molecule has 0 rings (SSSR count). The lowest BCUT2D eigenvalue weighted by atomic mass is 10.0. The lowest BCUT2D eigenvalue weighted by Crippen LogP contribution is -2.29. The summed E-state index contributed by atoms with van der Waals surface area (Å²) in [7, 11) is 3.82. The van der Waals surface area contributed by atoms with Crippen LogP contribution in [0.1, 0.15) is 187 Å². The first kappa shape index (κ1) is 45.3. The van der Waals surface area contributed by atoms with Crippen LogP contribution < -0.4 is 0 Å². The molecule has 4 nitrogen and oxygen atoms in total. The number of ether oxygens (including phenoxy) is 1. The molecule has 0 aromatic rings. The Balaban J connectivity index is 4.11. The average Bonchev–Trinajstić information content (AvgIpc) is 3.03. The topological polar surface area (TPSA) is 49.8 Å². The van der Waals surface area contributed by atoms with Crippen molar-refractivity contribution in [1.29, 1.82) is 0 Å². The zero-order valence-corrected chi connectivity index (χ0v) is 31.8. The van der Waals surface area contributed by atoms with Gasteiger partial charge in [0.2, 0.25) is 0 Å². The first-order valence-corrected chi connectivity index (χ1v) is 20.1. The molecule has 1 N–H and O–H groups in total. The fourth-order valence-corrected chi connectivity index (χ4v) is 5.90. The third kappa shape index (κ3) is 37.0. The van der Waals surface area contributed by atoms with Gasteiger partial charge in [-0.05, 0) is 104 Å². The second-order valence-electron chi connectivity index (χ2n) is 14.0. The molecule has 0 aliphatic heterocycles. The van der Waals surface area contributed by atoms with Gasteiger partial charge in [0.15, 0.2) is 0 Å². The molecule has 47 heavy (non-hydrogen) atoms. The molecule has 0 amide bonds. The molecule has 1 unspecified atom stereocenters. The minimum atomic E-state index is -0.665. The van der Waals surface area contributed by atoms with Crippen LogP contribution in [-0.4, -0.2) is 48.8 Å². The normalized spacial score (nSPS) is 13.1. The summed E-state index contributed by atoms with van der Waals surface area (Å²) in [5.74, 6) is -0.246. The van der Waals surface area contributed by atoms with Crippen molar-refractivity contribution < 1.29 is 14.6 Å². The molecule has 0 aliphatic rings. The van der Waals surface area contributed by atoms with E-state index in [-0.39, 0.29) is 18.5 Å². The van der Waals surface area contributed by atoms with Gasteiger partial charge in [-0.2, -0.15) is 0 Å². The largest absolute Gasteiger partial charge is 0.462 e. The molecule has 0 bridgehead atoms. The second-order valence-corrected chi connectivity index (χ2v) is 14.0. The molecular formula is C43H79NO3. The summed E-state index contributed by atoms with van der Waals surface area (Å²) in [4.78, 5) is 14.5. The van der Waals surface area contributed by atoms with Gasteiger partial charge in [0, 0.05) is 6.54 Å². The number of aliphatic hydroxyl groups excluding tert-OH is 1. The van der Waals surface area contributed by atoms with Crippen molar-refractivity contribution in [2.45, 2.75) is 199 Å². The van der Waals surface area contributed by atoms with E-state index in [9.17, 15) is 9.90 Å². The van der Waals surface area contributed by atoms with Crippen LogP contribution in [0.5, 0.6) is 0 Å². The monoisotopic (exact) mass is 658 g/mol. The molecule has 4 heteroatoms. The van der Waals surface area contributed by atoms with Crippen LogP contribution in [-0.2, 0) is 9.53 Å². The first-order valence-electron chi connectivity index (χ1n) is 20.1. The van der Waals surface area contributed by atoms with Crippen LogP contribution in [0.3, 0.4) is 0 Å². The van der Waals surface area contributed by atoms with Gasteiger partial charge in [-0.3, -0.25) is 4.79 Å². The van der Waals surface area contributed by atoms with E-state index >= 15 is 0 Å². The highest BCUT2D eigenvalue weighted by molar-refractivity contribution is 5.70.